The van der Waals surface area contributed by atoms with Crippen molar-refractivity contribution in [3.63, 3.8) is 0 Å². The highest BCUT2D eigenvalue weighted by molar-refractivity contribution is 5.96. The van der Waals surface area contributed by atoms with E-state index in [-0.39, 0.29) is 0 Å². The van der Waals surface area contributed by atoms with Crippen molar-refractivity contribution in [3.8, 4) is 45.3 Å². The molecular formula is C34H24N6. The van der Waals surface area contributed by atoms with Crippen molar-refractivity contribution >= 4 is 33.2 Å². The zero-order valence-corrected chi connectivity index (χ0v) is 21.5. The molecule has 0 aliphatic heterocycles. The normalized spacial score (nSPS) is 11.2. The van der Waals surface area contributed by atoms with Gasteiger partial charge in [-0.3, -0.25) is 0 Å². The second kappa shape index (κ2) is 9.60. The zero-order chi connectivity index (χ0) is 27.1. The van der Waals surface area contributed by atoms with E-state index >= 15 is 0 Å². The summed E-state index contributed by atoms with van der Waals surface area (Å²) < 4.78 is 0. The molecule has 7 aromatic rings. The molecule has 0 bridgehead atoms. The van der Waals surface area contributed by atoms with E-state index < -0.39 is 0 Å². The van der Waals surface area contributed by atoms with Crippen LogP contribution in [0.2, 0.25) is 0 Å². The van der Waals surface area contributed by atoms with E-state index in [2.05, 4.69) is 0 Å². The van der Waals surface area contributed by atoms with Crippen LogP contribution in [0.4, 0.5) is 11.4 Å². The van der Waals surface area contributed by atoms with Gasteiger partial charge in [0.05, 0.1) is 22.4 Å². The first-order chi connectivity index (χ1) is 19.6. The molecule has 0 fully saturated rings. The van der Waals surface area contributed by atoms with Crippen LogP contribution in [0.5, 0.6) is 0 Å². The lowest BCUT2D eigenvalue weighted by Crippen LogP contribution is -1.97. The fourth-order valence-corrected chi connectivity index (χ4v) is 4.95. The summed E-state index contributed by atoms with van der Waals surface area (Å²) in [6, 6.07) is 39.7. The molecule has 7 rings (SSSR count). The van der Waals surface area contributed by atoms with Crippen LogP contribution in [0.3, 0.4) is 0 Å². The SMILES string of the molecule is Nc1ccc2nc(-c3ccc(-c4nc(-c5ccccc5)c5cc(N)ccc5n4)cc3)nc(-c3ccccc3)c2c1. The lowest BCUT2D eigenvalue weighted by Gasteiger charge is -2.11. The highest BCUT2D eigenvalue weighted by Crippen LogP contribution is 2.33. The predicted octanol–water partition coefficient (Wildman–Crippen LogP) is 7.41. The minimum Gasteiger partial charge on any atom is -0.399 e. The number of nitrogens with zero attached hydrogens (tertiary/aromatic N) is 4. The number of aromatic nitrogens is 4. The van der Waals surface area contributed by atoms with Crippen molar-refractivity contribution in [2.45, 2.75) is 0 Å². The molecular weight excluding hydrogens is 492 g/mol. The summed E-state index contributed by atoms with van der Waals surface area (Å²) in [4.78, 5) is 19.7. The average Bonchev–Trinajstić information content (AvgIpc) is 3.01. The molecule has 190 valence electrons. The summed E-state index contributed by atoms with van der Waals surface area (Å²) >= 11 is 0. The third kappa shape index (κ3) is 4.27. The lowest BCUT2D eigenvalue weighted by atomic mass is 10.0. The standard InChI is InChI=1S/C34H24N6/c35-25-15-17-29-27(19-25)31(21-7-3-1-4-8-21)39-33(37-29)23-11-13-24(14-12-23)34-38-30-18-16-26(36)20-28(30)32(40-34)22-9-5-2-6-10-22/h1-20H,35-36H2. The number of nitrogen functional groups attached to an aromatic ring is 2. The van der Waals surface area contributed by atoms with Crippen molar-refractivity contribution in [2.24, 2.45) is 0 Å². The van der Waals surface area contributed by atoms with Crippen LogP contribution < -0.4 is 11.5 Å². The summed E-state index contributed by atoms with van der Waals surface area (Å²) in [6.45, 7) is 0. The van der Waals surface area contributed by atoms with E-state index in [9.17, 15) is 0 Å². The molecule has 5 aromatic carbocycles. The first-order valence-electron chi connectivity index (χ1n) is 13.0. The maximum atomic E-state index is 6.11. The van der Waals surface area contributed by atoms with Gasteiger partial charge in [-0.1, -0.05) is 84.9 Å². The molecule has 0 atom stereocenters. The van der Waals surface area contributed by atoms with Crippen LogP contribution in [0.1, 0.15) is 0 Å². The molecule has 0 spiro atoms. The van der Waals surface area contributed by atoms with Gasteiger partial charge in [0, 0.05) is 44.4 Å². The van der Waals surface area contributed by atoms with Crippen LogP contribution in [0.25, 0.3) is 67.1 Å². The molecule has 2 heterocycles. The number of hydrogen-bond donors (Lipinski definition) is 2. The quantitative estimate of drug-likeness (QED) is 0.236. The van der Waals surface area contributed by atoms with Gasteiger partial charge in [0.1, 0.15) is 0 Å². The van der Waals surface area contributed by atoms with Crippen molar-refractivity contribution in [3.05, 3.63) is 121 Å². The van der Waals surface area contributed by atoms with Crippen LogP contribution >= 0.6 is 0 Å². The molecule has 0 saturated heterocycles. The number of nitrogens with two attached hydrogens (primary N) is 2. The minimum atomic E-state index is 0.641. The Morgan fingerprint density at radius 1 is 0.375 bits per heavy atom. The topological polar surface area (TPSA) is 104 Å². The smallest absolute Gasteiger partial charge is 0.160 e. The molecule has 6 heteroatoms. The molecule has 40 heavy (non-hydrogen) atoms. The molecule has 0 radical (unpaired) electrons. The van der Waals surface area contributed by atoms with Gasteiger partial charge in [0.15, 0.2) is 11.6 Å². The Kier molecular flexibility index (Phi) is 5.64. The third-order valence-corrected chi connectivity index (χ3v) is 6.94. The van der Waals surface area contributed by atoms with Crippen LogP contribution in [0, 0.1) is 0 Å². The van der Waals surface area contributed by atoms with Crippen molar-refractivity contribution in [1.82, 2.24) is 19.9 Å². The Balaban J connectivity index is 1.34. The monoisotopic (exact) mass is 516 g/mol. The molecule has 6 nitrogen and oxygen atoms in total. The van der Waals surface area contributed by atoms with Gasteiger partial charge in [-0.15, -0.1) is 0 Å². The van der Waals surface area contributed by atoms with Gasteiger partial charge in [-0.2, -0.15) is 0 Å². The molecule has 4 N–H and O–H groups in total. The minimum absolute atomic E-state index is 0.641. The largest absolute Gasteiger partial charge is 0.399 e. The fraction of sp³-hybridized carbons (Fsp3) is 0. The maximum absolute atomic E-state index is 6.11. The number of benzene rings is 5. The van der Waals surface area contributed by atoms with Crippen molar-refractivity contribution < 1.29 is 0 Å². The maximum Gasteiger partial charge on any atom is 0.160 e. The highest BCUT2D eigenvalue weighted by Gasteiger charge is 2.14. The van der Waals surface area contributed by atoms with Gasteiger partial charge < -0.3 is 11.5 Å². The van der Waals surface area contributed by atoms with Gasteiger partial charge in [0.2, 0.25) is 0 Å². The predicted molar refractivity (Wildman–Crippen MR) is 163 cm³/mol. The molecule has 0 saturated carbocycles. The average molecular weight is 517 g/mol. The van der Waals surface area contributed by atoms with Gasteiger partial charge >= 0.3 is 0 Å². The fourth-order valence-electron chi connectivity index (χ4n) is 4.95. The van der Waals surface area contributed by atoms with E-state index in [1.165, 1.54) is 0 Å². The van der Waals surface area contributed by atoms with E-state index in [4.69, 9.17) is 31.4 Å². The molecule has 2 aromatic heterocycles. The first-order valence-corrected chi connectivity index (χ1v) is 13.0. The Morgan fingerprint density at radius 3 is 1.18 bits per heavy atom. The Labute approximate surface area is 231 Å². The van der Waals surface area contributed by atoms with Crippen LogP contribution in [-0.4, -0.2) is 19.9 Å². The van der Waals surface area contributed by atoms with Gasteiger partial charge in [-0.05, 0) is 36.4 Å². The van der Waals surface area contributed by atoms with Crippen LogP contribution in [0.15, 0.2) is 121 Å². The summed E-state index contributed by atoms with van der Waals surface area (Å²) in [5.74, 6) is 1.28. The molecule has 0 aliphatic carbocycles. The summed E-state index contributed by atoms with van der Waals surface area (Å²) in [6.07, 6.45) is 0. The summed E-state index contributed by atoms with van der Waals surface area (Å²) in [5.41, 5.74) is 20.8. The number of hydrogen-bond acceptors (Lipinski definition) is 6. The second-order valence-electron chi connectivity index (χ2n) is 9.65. The number of anilines is 2. The van der Waals surface area contributed by atoms with Crippen molar-refractivity contribution in [1.29, 1.82) is 0 Å². The first kappa shape index (κ1) is 23.5. The zero-order valence-electron chi connectivity index (χ0n) is 21.5. The molecule has 0 amide bonds. The molecule has 0 unspecified atom stereocenters. The van der Waals surface area contributed by atoms with Crippen molar-refractivity contribution in [2.75, 3.05) is 11.5 Å². The Bertz CT molecular complexity index is 1860. The second-order valence-corrected chi connectivity index (χ2v) is 9.65. The van der Waals surface area contributed by atoms with Crippen LogP contribution in [-0.2, 0) is 0 Å². The van der Waals surface area contributed by atoms with E-state index in [0.717, 1.165) is 55.4 Å². The highest BCUT2D eigenvalue weighted by atomic mass is 14.9. The Hall–Kier alpha value is -5.62. The van der Waals surface area contributed by atoms with E-state index in [0.29, 0.717) is 23.0 Å². The number of rotatable bonds is 4. The summed E-state index contributed by atoms with van der Waals surface area (Å²) in [5, 5.41) is 1.84. The van der Waals surface area contributed by atoms with Gasteiger partial charge in [0.25, 0.3) is 0 Å². The van der Waals surface area contributed by atoms with E-state index in [1.54, 1.807) is 0 Å². The molecule has 0 aliphatic rings. The van der Waals surface area contributed by atoms with E-state index in [1.807, 2.05) is 121 Å². The van der Waals surface area contributed by atoms with Gasteiger partial charge in [-0.25, -0.2) is 19.9 Å². The lowest BCUT2D eigenvalue weighted by molar-refractivity contribution is 1.22. The summed E-state index contributed by atoms with van der Waals surface area (Å²) in [7, 11) is 0. The Morgan fingerprint density at radius 2 is 0.775 bits per heavy atom. The third-order valence-electron chi connectivity index (χ3n) is 6.94. The number of fused-ring (bicyclic) bond motifs is 2.